The summed E-state index contributed by atoms with van der Waals surface area (Å²) in [4.78, 5) is 22.3. The lowest BCUT2D eigenvalue weighted by atomic mass is 10.1. The number of nitrogens with zero attached hydrogens (tertiary/aromatic N) is 2. The third-order valence-electron chi connectivity index (χ3n) is 5.05. The Morgan fingerprint density at radius 3 is 3.00 bits per heavy atom. The van der Waals surface area contributed by atoms with Crippen LogP contribution in [0.5, 0.6) is 0 Å². The van der Waals surface area contributed by atoms with Gasteiger partial charge in [0.1, 0.15) is 12.1 Å². The van der Waals surface area contributed by atoms with Crippen LogP contribution in [0.25, 0.3) is 11.0 Å². The van der Waals surface area contributed by atoms with Gasteiger partial charge in [-0.25, -0.2) is 14.9 Å². The SMILES string of the molecule is Cc1ccc(Nc2c(C(=O)NOCC3CCCO3)cc3c(ncn3C)c2F)c(Cl)c1. The number of benzene rings is 2. The molecule has 2 N–H and O–H groups in total. The molecule has 9 heteroatoms. The van der Waals surface area contributed by atoms with Crippen LogP contribution in [0.4, 0.5) is 15.8 Å². The Bertz CT molecular complexity index is 1100. The van der Waals surface area contributed by atoms with E-state index in [-0.39, 0.29) is 29.5 Å². The lowest BCUT2D eigenvalue weighted by Gasteiger charge is -2.16. The van der Waals surface area contributed by atoms with E-state index < -0.39 is 11.7 Å². The van der Waals surface area contributed by atoms with Gasteiger partial charge in [0.05, 0.1) is 39.9 Å². The van der Waals surface area contributed by atoms with Crippen LogP contribution in [0.15, 0.2) is 30.6 Å². The number of halogens is 2. The second-order valence-corrected chi connectivity index (χ2v) is 7.73. The topological polar surface area (TPSA) is 77.4 Å². The number of aromatic nitrogens is 2. The smallest absolute Gasteiger partial charge is 0.277 e. The molecule has 1 fully saturated rings. The zero-order valence-corrected chi connectivity index (χ0v) is 17.4. The largest absolute Gasteiger partial charge is 0.376 e. The van der Waals surface area contributed by atoms with E-state index in [1.807, 2.05) is 13.0 Å². The van der Waals surface area contributed by atoms with Gasteiger partial charge in [-0.15, -0.1) is 0 Å². The molecule has 1 atom stereocenters. The molecule has 1 aliphatic heterocycles. The maximum atomic E-state index is 15.3. The number of rotatable bonds is 6. The molecule has 0 bridgehead atoms. The van der Waals surface area contributed by atoms with Crippen LogP contribution >= 0.6 is 11.6 Å². The van der Waals surface area contributed by atoms with E-state index in [4.69, 9.17) is 21.2 Å². The summed E-state index contributed by atoms with van der Waals surface area (Å²) in [6.45, 7) is 2.82. The first-order chi connectivity index (χ1) is 14.4. The fourth-order valence-electron chi connectivity index (χ4n) is 3.41. The Hall–Kier alpha value is -2.68. The summed E-state index contributed by atoms with van der Waals surface area (Å²) in [6, 6.07) is 6.90. The summed E-state index contributed by atoms with van der Waals surface area (Å²) >= 11 is 6.30. The van der Waals surface area contributed by atoms with E-state index in [9.17, 15) is 4.79 Å². The summed E-state index contributed by atoms with van der Waals surface area (Å²) in [5.74, 6) is -1.23. The number of hydrogen-bond donors (Lipinski definition) is 2. The van der Waals surface area contributed by atoms with Crippen molar-refractivity contribution < 1.29 is 18.8 Å². The Morgan fingerprint density at radius 1 is 1.43 bits per heavy atom. The van der Waals surface area contributed by atoms with Gasteiger partial charge in [0.2, 0.25) is 0 Å². The summed E-state index contributed by atoms with van der Waals surface area (Å²) in [5.41, 5.74) is 4.52. The van der Waals surface area contributed by atoms with Crippen LogP contribution < -0.4 is 10.8 Å². The van der Waals surface area contributed by atoms with Crippen LogP contribution in [-0.2, 0) is 16.6 Å². The normalized spacial score (nSPS) is 16.2. The van der Waals surface area contributed by atoms with Crippen molar-refractivity contribution in [1.82, 2.24) is 15.0 Å². The Kier molecular flexibility index (Phi) is 5.90. The van der Waals surface area contributed by atoms with E-state index >= 15 is 4.39 Å². The summed E-state index contributed by atoms with van der Waals surface area (Å²) in [6.07, 6.45) is 3.29. The monoisotopic (exact) mass is 432 g/mol. The number of hydroxylamine groups is 1. The Morgan fingerprint density at radius 2 is 2.27 bits per heavy atom. The van der Waals surface area contributed by atoms with Gasteiger partial charge in [0, 0.05) is 13.7 Å². The van der Waals surface area contributed by atoms with Crippen molar-refractivity contribution in [3.05, 3.63) is 52.6 Å². The van der Waals surface area contributed by atoms with Crippen molar-refractivity contribution in [2.75, 3.05) is 18.5 Å². The molecule has 1 saturated heterocycles. The highest BCUT2D eigenvalue weighted by molar-refractivity contribution is 6.33. The minimum absolute atomic E-state index is 0.0230. The molecular weight excluding hydrogens is 411 g/mol. The predicted octanol–water partition coefficient (Wildman–Crippen LogP) is 4.26. The Balaban J connectivity index is 1.66. The van der Waals surface area contributed by atoms with Gasteiger partial charge in [-0.05, 0) is 43.5 Å². The molecule has 30 heavy (non-hydrogen) atoms. The molecule has 1 aromatic heterocycles. The van der Waals surface area contributed by atoms with Gasteiger partial charge in [-0.1, -0.05) is 17.7 Å². The molecule has 1 amide bonds. The lowest BCUT2D eigenvalue weighted by molar-refractivity contribution is -0.0220. The van der Waals surface area contributed by atoms with Gasteiger partial charge in [-0.2, -0.15) is 0 Å². The number of anilines is 2. The highest BCUT2D eigenvalue weighted by atomic mass is 35.5. The summed E-state index contributed by atoms with van der Waals surface area (Å²) in [5, 5.41) is 3.37. The number of carbonyl (C=O) groups excluding carboxylic acids is 1. The fraction of sp³-hybridized carbons (Fsp3) is 0.333. The third kappa shape index (κ3) is 4.12. The van der Waals surface area contributed by atoms with E-state index in [1.54, 1.807) is 29.8 Å². The van der Waals surface area contributed by atoms with E-state index in [0.717, 1.165) is 18.4 Å². The molecule has 0 aliphatic carbocycles. The van der Waals surface area contributed by atoms with Gasteiger partial charge in [0.25, 0.3) is 5.91 Å². The highest BCUT2D eigenvalue weighted by Gasteiger charge is 2.23. The standard InChI is InChI=1S/C21H22ClFN4O3/c1-12-5-6-16(15(22)8-12)25-19-14(9-17-20(18(19)23)24-11-27(17)2)21(28)26-30-10-13-4-3-7-29-13/h5-6,8-9,11,13,25H,3-4,7,10H2,1-2H3,(H,26,28). The van der Waals surface area contributed by atoms with Crippen molar-refractivity contribution in [2.24, 2.45) is 7.05 Å². The molecule has 1 aliphatic rings. The van der Waals surface area contributed by atoms with Crippen LogP contribution in [-0.4, -0.2) is 34.8 Å². The quantitative estimate of drug-likeness (QED) is 0.569. The lowest BCUT2D eigenvalue weighted by Crippen LogP contribution is -2.29. The summed E-state index contributed by atoms with van der Waals surface area (Å²) < 4.78 is 22.5. The molecule has 158 valence electrons. The van der Waals surface area contributed by atoms with Crippen molar-refractivity contribution in [3.63, 3.8) is 0 Å². The average molecular weight is 433 g/mol. The number of hydrogen-bond acceptors (Lipinski definition) is 5. The van der Waals surface area contributed by atoms with Gasteiger partial charge < -0.3 is 14.6 Å². The summed E-state index contributed by atoms with van der Waals surface area (Å²) in [7, 11) is 1.73. The minimum Gasteiger partial charge on any atom is -0.376 e. The van der Waals surface area contributed by atoms with Crippen molar-refractivity contribution >= 4 is 39.9 Å². The number of amides is 1. The zero-order valence-electron chi connectivity index (χ0n) is 16.7. The van der Waals surface area contributed by atoms with E-state index in [2.05, 4.69) is 15.8 Å². The van der Waals surface area contributed by atoms with E-state index in [1.165, 1.54) is 6.33 Å². The van der Waals surface area contributed by atoms with Crippen molar-refractivity contribution in [1.29, 1.82) is 0 Å². The number of aryl methyl sites for hydroxylation is 2. The van der Waals surface area contributed by atoms with Crippen molar-refractivity contribution in [3.8, 4) is 0 Å². The molecular formula is C21H22ClFN4O3. The molecule has 2 aromatic carbocycles. The van der Waals surface area contributed by atoms with E-state index in [0.29, 0.717) is 22.8 Å². The highest BCUT2D eigenvalue weighted by Crippen LogP contribution is 2.33. The van der Waals surface area contributed by atoms with Crippen LogP contribution in [0.1, 0.15) is 28.8 Å². The number of fused-ring (bicyclic) bond motifs is 1. The van der Waals surface area contributed by atoms with Crippen LogP contribution in [0.3, 0.4) is 0 Å². The first kappa shape index (κ1) is 20.6. The molecule has 7 nitrogen and oxygen atoms in total. The van der Waals surface area contributed by atoms with Crippen LogP contribution in [0, 0.1) is 12.7 Å². The molecule has 3 aromatic rings. The first-order valence-electron chi connectivity index (χ1n) is 9.64. The minimum atomic E-state index is -0.644. The number of imidazole rings is 1. The maximum absolute atomic E-state index is 15.3. The number of carbonyl (C=O) groups is 1. The Labute approximate surface area is 178 Å². The predicted molar refractivity (Wildman–Crippen MR) is 113 cm³/mol. The fourth-order valence-corrected chi connectivity index (χ4v) is 3.70. The van der Waals surface area contributed by atoms with Crippen LogP contribution in [0.2, 0.25) is 5.02 Å². The third-order valence-corrected chi connectivity index (χ3v) is 5.36. The zero-order chi connectivity index (χ0) is 21.3. The average Bonchev–Trinajstić information content (AvgIpc) is 3.35. The van der Waals surface area contributed by atoms with Gasteiger partial charge in [0.15, 0.2) is 5.82 Å². The molecule has 4 rings (SSSR count). The molecule has 0 radical (unpaired) electrons. The molecule has 2 heterocycles. The van der Waals surface area contributed by atoms with Gasteiger partial charge in [-0.3, -0.25) is 9.63 Å². The second-order valence-electron chi connectivity index (χ2n) is 7.32. The maximum Gasteiger partial charge on any atom is 0.277 e. The molecule has 0 saturated carbocycles. The number of nitrogens with one attached hydrogen (secondary N) is 2. The van der Waals surface area contributed by atoms with Gasteiger partial charge >= 0.3 is 0 Å². The second kappa shape index (κ2) is 8.59. The van der Waals surface area contributed by atoms with Crippen molar-refractivity contribution in [2.45, 2.75) is 25.9 Å². The molecule has 0 spiro atoms. The number of ether oxygens (including phenoxy) is 1. The first-order valence-corrected chi connectivity index (χ1v) is 10.0. The molecule has 1 unspecified atom stereocenters.